The number of fused-ring (bicyclic) bond motifs is 1. The average Bonchev–Trinajstić information content (AvgIpc) is 3.00. The van der Waals surface area contributed by atoms with Crippen molar-refractivity contribution in [2.45, 2.75) is 26.3 Å². The molecule has 3 aromatic rings. The minimum Gasteiger partial charge on any atom is -0.342 e. The summed E-state index contributed by atoms with van der Waals surface area (Å²) in [5, 5.41) is 0.693. The van der Waals surface area contributed by atoms with E-state index in [1.807, 2.05) is 60.4 Å². The maximum Gasteiger partial charge on any atom is 0.223 e. The summed E-state index contributed by atoms with van der Waals surface area (Å²) >= 11 is 6.02. The number of halogens is 1. The van der Waals surface area contributed by atoms with Gasteiger partial charge in [-0.2, -0.15) is 0 Å². The van der Waals surface area contributed by atoms with Gasteiger partial charge in [-0.05, 0) is 36.8 Å². The Bertz CT molecular complexity index is 810. The summed E-state index contributed by atoms with van der Waals surface area (Å²) in [6.07, 6.45) is 1.05. The molecule has 0 saturated heterocycles. The number of para-hydroxylation sites is 2. The lowest BCUT2D eigenvalue weighted by atomic mass is 10.2. The molecule has 1 N–H and O–H groups in total. The SMILES string of the molecule is CCN(Cc1cccc(Cl)c1)C(=O)CCc1nc2ccccc2[nH]1. The van der Waals surface area contributed by atoms with Gasteiger partial charge in [0.25, 0.3) is 0 Å². The van der Waals surface area contributed by atoms with Gasteiger partial charge >= 0.3 is 0 Å². The van der Waals surface area contributed by atoms with Crippen LogP contribution in [0, 0.1) is 0 Å². The zero-order valence-electron chi connectivity index (χ0n) is 13.6. The van der Waals surface area contributed by atoms with Gasteiger partial charge in [-0.1, -0.05) is 35.9 Å². The number of hydrogen-bond acceptors (Lipinski definition) is 2. The van der Waals surface area contributed by atoms with Crippen molar-refractivity contribution >= 4 is 28.5 Å². The van der Waals surface area contributed by atoms with Crippen molar-refractivity contribution in [3.63, 3.8) is 0 Å². The number of aromatic nitrogens is 2. The Hall–Kier alpha value is -2.33. The number of nitrogens with one attached hydrogen (secondary N) is 1. The van der Waals surface area contributed by atoms with Crippen LogP contribution in [0.15, 0.2) is 48.5 Å². The molecule has 0 atom stereocenters. The number of nitrogens with zero attached hydrogens (tertiary/aromatic N) is 2. The third-order valence-electron chi connectivity index (χ3n) is 4.01. The second-order valence-electron chi connectivity index (χ2n) is 5.74. The summed E-state index contributed by atoms with van der Waals surface area (Å²) in [7, 11) is 0. The molecule has 0 bridgehead atoms. The normalized spacial score (nSPS) is 10.9. The van der Waals surface area contributed by atoms with Crippen molar-refractivity contribution in [1.29, 1.82) is 0 Å². The van der Waals surface area contributed by atoms with Gasteiger partial charge in [-0.15, -0.1) is 0 Å². The lowest BCUT2D eigenvalue weighted by Crippen LogP contribution is -2.30. The third kappa shape index (κ3) is 3.95. The van der Waals surface area contributed by atoms with E-state index in [1.165, 1.54) is 0 Å². The van der Waals surface area contributed by atoms with Crippen LogP contribution in [0.1, 0.15) is 24.7 Å². The van der Waals surface area contributed by atoms with Gasteiger partial charge in [0.2, 0.25) is 5.91 Å². The Morgan fingerprint density at radius 1 is 1.21 bits per heavy atom. The molecule has 1 amide bonds. The summed E-state index contributed by atoms with van der Waals surface area (Å²) in [5.41, 5.74) is 2.99. The van der Waals surface area contributed by atoms with E-state index in [1.54, 1.807) is 0 Å². The number of rotatable bonds is 6. The summed E-state index contributed by atoms with van der Waals surface area (Å²) in [5.74, 6) is 0.973. The molecule has 124 valence electrons. The Morgan fingerprint density at radius 2 is 2.04 bits per heavy atom. The second-order valence-corrected chi connectivity index (χ2v) is 6.17. The highest BCUT2D eigenvalue weighted by molar-refractivity contribution is 6.30. The largest absolute Gasteiger partial charge is 0.342 e. The number of carbonyl (C=O) groups excluding carboxylic acids is 1. The molecule has 4 nitrogen and oxygen atoms in total. The number of imidazole rings is 1. The average molecular weight is 342 g/mol. The first kappa shape index (κ1) is 16.5. The fourth-order valence-electron chi connectivity index (χ4n) is 2.74. The van der Waals surface area contributed by atoms with Crippen LogP contribution >= 0.6 is 11.6 Å². The number of amides is 1. The fraction of sp³-hybridized carbons (Fsp3) is 0.263. The van der Waals surface area contributed by atoms with Crippen LogP contribution in [-0.2, 0) is 17.8 Å². The van der Waals surface area contributed by atoms with Crippen molar-refractivity contribution < 1.29 is 4.79 Å². The van der Waals surface area contributed by atoms with Crippen molar-refractivity contribution in [2.24, 2.45) is 0 Å². The third-order valence-corrected chi connectivity index (χ3v) is 4.25. The first-order valence-electron chi connectivity index (χ1n) is 8.11. The maximum atomic E-state index is 12.5. The Balaban J connectivity index is 1.61. The standard InChI is InChI=1S/C19H20ClN3O/c1-2-23(13-14-6-5-7-15(20)12-14)19(24)11-10-18-21-16-8-3-4-9-17(16)22-18/h3-9,12H,2,10-11,13H2,1H3,(H,21,22). The van der Waals surface area contributed by atoms with Crippen molar-refractivity contribution in [3.8, 4) is 0 Å². The van der Waals surface area contributed by atoms with Crippen LogP contribution in [0.2, 0.25) is 5.02 Å². The molecular weight excluding hydrogens is 322 g/mol. The summed E-state index contributed by atoms with van der Waals surface area (Å²) in [4.78, 5) is 22.1. The molecule has 24 heavy (non-hydrogen) atoms. The molecule has 5 heteroatoms. The molecular formula is C19H20ClN3O. The first-order valence-corrected chi connectivity index (χ1v) is 8.49. The van der Waals surface area contributed by atoms with Gasteiger partial charge in [0, 0.05) is 31.0 Å². The van der Waals surface area contributed by atoms with E-state index in [9.17, 15) is 4.79 Å². The fourth-order valence-corrected chi connectivity index (χ4v) is 2.95. The van der Waals surface area contributed by atoms with Crippen molar-refractivity contribution in [1.82, 2.24) is 14.9 Å². The molecule has 0 fully saturated rings. The van der Waals surface area contributed by atoms with Crippen LogP contribution < -0.4 is 0 Å². The molecule has 1 aromatic heterocycles. The van der Waals surface area contributed by atoms with E-state index in [0.29, 0.717) is 31.0 Å². The Kier molecular flexibility index (Phi) is 5.16. The van der Waals surface area contributed by atoms with E-state index in [2.05, 4.69) is 9.97 Å². The zero-order valence-corrected chi connectivity index (χ0v) is 14.4. The maximum absolute atomic E-state index is 12.5. The molecule has 0 radical (unpaired) electrons. The van der Waals surface area contributed by atoms with E-state index in [-0.39, 0.29) is 5.91 Å². The smallest absolute Gasteiger partial charge is 0.223 e. The van der Waals surface area contributed by atoms with Gasteiger partial charge in [0.05, 0.1) is 11.0 Å². The molecule has 0 aliphatic rings. The van der Waals surface area contributed by atoms with Crippen LogP contribution in [-0.4, -0.2) is 27.3 Å². The van der Waals surface area contributed by atoms with Gasteiger partial charge in [0.1, 0.15) is 5.82 Å². The van der Waals surface area contributed by atoms with Crippen LogP contribution in [0.3, 0.4) is 0 Å². The molecule has 1 heterocycles. The number of aryl methyl sites for hydroxylation is 1. The van der Waals surface area contributed by atoms with Gasteiger partial charge in [0.15, 0.2) is 0 Å². The minimum absolute atomic E-state index is 0.123. The molecule has 0 aliphatic carbocycles. The summed E-state index contributed by atoms with van der Waals surface area (Å²) < 4.78 is 0. The number of hydrogen-bond donors (Lipinski definition) is 1. The number of H-pyrrole nitrogens is 1. The van der Waals surface area contributed by atoms with Gasteiger partial charge in [-0.3, -0.25) is 4.79 Å². The molecule has 3 rings (SSSR count). The van der Waals surface area contributed by atoms with Crippen LogP contribution in [0.5, 0.6) is 0 Å². The first-order chi connectivity index (χ1) is 11.7. The summed E-state index contributed by atoms with van der Waals surface area (Å²) in [6.45, 7) is 3.24. The molecule has 2 aromatic carbocycles. The zero-order chi connectivity index (χ0) is 16.9. The highest BCUT2D eigenvalue weighted by Crippen LogP contribution is 2.15. The minimum atomic E-state index is 0.123. The van der Waals surface area contributed by atoms with E-state index >= 15 is 0 Å². The van der Waals surface area contributed by atoms with E-state index in [0.717, 1.165) is 22.4 Å². The Labute approximate surface area is 146 Å². The molecule has 0 unspecified atom stereocenters. The van der Waals surface area contributed by atoms with E-state index in [4.69, 9.17) is 11.6 Å². The van der Waals surface area contributed by atoms with Crippen LogP contribution in [0.4, 0.5) is 0 Å². The molecule has 0 aliphatic heterocycles. The number of carbonyl (C=O) groups is 1. The Morgan fingerprint density at radius 3 is 2.79 bits per heavy atom. The molecule has 0 saturated carbocycles. The van der Waals surface area contributed by atoms with Crippen molar-refractivity contribution in [2.75, 3.05) is 6.54 Å². The topological polar surface area (TPSA) is 49.0 Å². The predicted molar refractivity (Wildman–Crippen MR) is 97.0 cm³/mol. The number of benzene rings is 2. The second kappa shape index (κ2) is 7.49. The molecule has 0 spiro atoms. The van der Waals surface area contributed by atoms with Crippen molar-refractivity contribution in [3.05, 3.63) is 64.9 Å². The van der Waals surface area contributed by atoms with Gasteiger partial charge < -0.3 is 9.88 Å². The highest BCUT2D eigenvalue weighted by atomic mass is 35.5. The van der Waals surface area contributed by atoms with E-state index < -0.39 is 0 Å². The van der Waals surface area contributed by atoms with Crippen LogP contribution in [0.25, 0.3) is 11.0 Å². The predicted octanol–water partition coefficient (Wildman–Crippen LogP) is 4.20. The quantitative estimate of drug-likeness (QED) is 0.730. The lowest BCUT2D eigenvalue weighted by Gasteiger charge is -2.21. The number of aromatic amines is 1. The van der Waals surface area contributed by atoms with Gasteiger partial charge in [-0.25, -0.2) is 4.98 Å². The highest BCUT2D eigenvalue weighted by Gasteiger charge is 2.13. The monoisotopic (exact) mass is 341 g/mol. The summed E-state index contributed by atoms with van der Waals surface area (Å²) in [6, 6.07) is 15.5. The lowest BCUT2D eigenvalue weighted by molar-refractivity contribution is -0.131.